The lowest BCUT2D eigenvalue weighted by atomic mass is 9.93. The summed E-state index contributed by atoms with van der Waals surface area (Å²) < 4.78 is 8.71. The molecule has 3 atom stereocenters. The van der Waals surface area contributed by atoms with E-state index in [2.05, 4.69) is 57.4 Å². The van der Waals surface area contributed by atoms with Crippen LogP contribution in [0.25, 0.3) is 17.8 Å². The van der Waals surface area contributed by atoms with Gasteiger partial charge in [-0.25, -0.2) is 29.7 Å². The predicted octanol–water partition coefficient (Wildman–Crippen LogP) is 4.20. The van der Waals surface area contributed by atoms with Gasteiger partial charge in [0.2, 0.25) is 0 Å². The molecule has 0 radical (unpaired) electrons. The summed E-state index contributed by atoms with van der Waals surface area (Å²) in [6, 6.07) is 10.1. The van der Waals surface area contributed by atoms with Gasteiger partial charge in [0, 0.05) is 48.5 Å². The maximum atomic E-state index is 14.4. The average molecular weight is 870 g/mol. The first kappa shape index (κ1) is 43.8. The van der Waals surface area contributed by atoms with Crippen molar-refractivity contribution in [1.82, 2.24) is 45.4 Å². The molecule has 2 saturated heterocycles. The van der Waals surface area contributed by atoms with Gasteiger partial charge >= 0.3 is 12.0 Å². The van der Waals surface area contributed by atoms with Gasteiger partial charge in [-0.3, -0.25) is 24.1 Å². The molecule has 1 unspecified atom stereocenters. The average Bonchev–Trinajstić information content (AvgIpc) is 4.02. The zero-order valence-electron chi connectivity index (χ0n) is 35.5. The highest BCUT2D eigenvalue weighted by Gasteiger charge is 2.42. The third-order valence-electron chi connectivity index (χ3n) is 11.5. The normalized spacial score (nSPS) is 19.2. The van der Waals surface area contributed by atoms with Crippen LogP contribution in [-0.4, -0.2) is 121 Å². The third-order valence-corrected chi connectivity index (χ3v) is 12.3. The van der Waals surface area contributed by atoms with Gasteiger partial charge in [0.1, 0.15) is 29.4 Å². The Bertz CT molecular complexity index is 2500. The minimum Gasteiger partial charge on any atom is -0.497 e. The van der Waals surface area contributed by atoms with Crippen LogP contribution in [0, 0.1) is 0 Å². The summed E-state index contributed by atoms with van der Waals surface area (Å²) in [6.45, 7) is 11.1. The molecule has 0 saturated carbocycles. The smallest absolute Gasteiger partial charge is 0.359 e. The van der Waals surface area contributed by atoms with Crippen molar-refractivity contribution in [1.29, 1.82) is 0 Å². The number of anilines is 2. The number of hydroxylamine groups is 1. The van der Waals surface area contributed by atoms with Crippen LogP contribution in [0.3, 0.4) is 0 Å². The van der Waals surface area contributed by atoms with Gasteiger partial charge in [0.25, 0.3) is 11.5 Å². The fourth-order valence-electron chi connectivity index (χ4n) is 8.03. The first-order valence-corrected chi connectivity index (χ1v) is 21.6. The Labute approximate surface area is 362 Å². The second kappa shape index (κ2) is 18.8. The number of piperidine rings is 1. The maximum Gasteiger partial charge on any atom is 0.359 e. The number of amides is 3. The molecule has 5 aromatic rings. The largest absolute Gasteiger partial charge is 0.497 e. The van der Waals surface area contributed by atoms with E-state index in [0.717, 1.165) is 36.4 Å². The minimum absolute atomic E-state index is 0.0102. The van der Waals surface area contributed by atoms with Crippen LogP contribution >= 0.6 is 11.3 Å². The molecule has 2 fully saturated rings. The molecule has 4 aromatic heterocycles. The fraction of sp³-hybridized carbons (Fsp3) is 0.452. The number of likely N-dealkylation sites (tertiary alicyclic amines) is 1. The third kappa shape index (κ3) is 10.1. The number of hydrogen-bond acceptors (Lipinski definition) is 13. The van der Waals surface area contributed by atoms with Crippen LogP contribution in [0.1, 0.15) is 86.4 Å². The van der Waals surface area contributed by atoms with E-state index in [-0.39, 0.29) is 41.3 Å². The number of fused-ring (bicyclic) bond motifs is 1. The number of carbonyl (C=O) groups is 3. The number of likely N-dealkylation sites (N-methyl/N-ethyl adjacent to an activating group) is 1. The number of ether oxygens (including phenoxy) is 1. The van der Waals surface area contributed by atoms with Gasteiger partial charge in [0.15, 0.2) is 17.5 Å². The van der Waals surface area contributed by atoms with Gasteiger partial charge in [-0.15, -0.1) is 16.4 Å². The highest BCUT2D eigenvalue weighted by Crippen LogP contribution is 2.29. The van der Waals surface area contributed by atoms with E-state index in [1.54, 1.807) is 36.1 Å². The van der Waals surface area contributed by atoms with E-state index >= 15 is 0 Å². The molecule has 2 aliphatic rings. The molecular formula is C42H53N12O7S+. The number of nitrogens with one attached hydrogen (secondary N) is 3. The SMILES string of the molecule is CC[N+]1(CC(=O)O)CCC[C@H]1CNC(=O)NO[C@@H]1CCCN(c2nc3cc(C(=O)Nc4nc(C(C)(C)C)cs4)ccn3c(=O)c2/C=C/c2nnnn2Cc2ccc(OC)cc2)C1. The van der Waals surface area contributed by atoms with E-state index in [0.29, 0.717) is 65.8 Å². The summed E-state index contributed by atoms with van der Waals surface area (Å²) >= 11 is 1.34. The van der Waals surface area contributed by atoms with Crippen molar-refractivity contribution in [3.05, 3.63) is 86.5 Å². The number of methoxy groups -OCH3 is 1. The number of aromatic nitrogens is 7. The van der Waals surface area contributed by atoms with E-state index in [4.69, 9.17) is 14.6 Å². The molecule has 2 aliphatic heterocycles. The monoisotopic (exact) mass is 869 g/mol. The molecular weight excluding hydrogens is 817 g/mol. The van der Waals surface area contributed by atoms with Crippen LogP contribution in [0.4, 0.5) is 15.7 Å². The van der Waals surface area contributed by atoms with Gasteiger partial charge in [-0.2, -0.15) is 0 Å². The summed E-state index contributed by atoms with van der Waals surface area (Å²) in [7, 11) is 1.60. The number of pyridine rings is 1. The molecule has 19 nitrogen and oxygen atoms in total. The first-order chi connectivity index (χ1) is 29.7. The molecule has 62 heavy (non-hydrogen) atoms. The van der Waals surface area contributed by atoms with Crippen LogP contribution in [-0.2, 0) is 21.6 Å². The number of nitrogens with zero attached hydrogens (tertiary/aromatic N) is 9. The van der Waals surface area contributed by atoms with Gasteiger partial charge in [-0.1, -0.05) is 32.9 Å². The zero-order valence-corrected chi connectivity index (χ0v) is 36.4. The number of tetrazole rings is 1. The fourth-order valence-corrected chi connectivity index (χ4v) is 8.96. The molecule has 1 aromatic carbocycles. The number of carbonyl (C=O) groups excluding carboxylic acids is 2. The van der Waals surface area contributed by atoms with Crippen molar-refractivity contribution in [2.45, 2.75) is 77.5 Å². The lowest BCUT2D eigenvalue weighted by Crippen LogP contribution is -2.58. The van der Waals surface area contributed by atoms with Crippen molar-refractivity contribution in [2.24, 2.45) is 0 Å². The minimum atomic E-state index is -0.854. The van der Waals surface area contributed by atoms with Crippen LogP contribution in [0.2, 0.25) is 0 Å². The summed E-state index contributed by atoms with van der Waals surface area (Å²) in [6.07, 6.45) is 7.38. The molecule has 6 heterocycles. The van der Waals surface area contributed by atoms with Gasteiger partial charge < -0.3 is 24.5 Å². The number of quaternary nitrogens is 1. The standard InChI is InChI=1S/C42H52N12O7S/c1-6-54(25-36(55)56)20-8-9-29(54)22-43-40(59)48-61-31-10-7-18-51(24-31)37-32(15-16-34-47-49-50-53(34)23-27-11-13-30(60-5)14-12-27)39(58)52-19-17-28(21-35(52)45-37)38(57)46-41-44-33(26-62-41)42(2,3)4/h11-17,19,21,26,29,31H,6-10,18,20,22-25H2,1-5H3,(H3-,43,44,46,48,55,56,57,59)/p+1/b16-15+/t29-,31+,54?/m0/s1. The van der Waals surface area contributed by atoms with Crippen molar-refractivity contribution in [3.63, 3.8) is 0 Å². The second-order valence-corrected chi connectivity index (χ2v) is 17.5. The van der Waals surface area contributed by atoms with Crippen LogP contribution in [0.5, 0.6) is 5.75 Å². The number of aliphatic carboxylic acids is 1. The number of rotatable bonds is 15. The quantitative estimate of drug-likeness (QED) is 0.0858. The number of carboxylic acid groups (broad SMARTS) is 1. The highest BCUT2D eigenvalue weighted by atomic mass is 32.1. The number of thiazole rings is 1. The summed E-state index contributed by atoms with van der Waals surface area (Å²) in [5.41, 5.74) is 4.59. The van der Waals surface area contributed by atoms with E-state index in [9.17, 15) is 24.3 Å². The topological polar surface area (TPSA) is 220 Å². The molecule has 7 rings (SSSR count). The first-order valence-electron chi connectivity index (χ1n) is 20.7. The predicted molar refractivity (Wildman–Crippen MR) is 233 cm³/mol. The summed E-state index contributed by atoms with van der Waals surface area (Å²) in [5, 5.41) is 29.9. The Morgan fingerprint density at radius 2 is 1.89 bits per heavy atom. The molecule has 0 spiro atoms. The molecule has 4 N–H and O–H groups in total. The van der Waals surface area contributed by atoms with E-state index in [1.165, 1.54) is 21.9 Å². The number of urea groups is 1. The summed E-state index contributed by atoms with van der Waals surface area (Å²) in [4.78, 5) is 69.9. The molecule has 0 bridgehead atoms. The van der Waals surface area contributed by atoms with E-state index in [1.807, 2.05) is 41.5 Å². The molecule has 328 valence electrons. The van der Waals surface area contributed by atoms with Crippen LogP contribution < -0.4 is 31.3 Å². The number of hydrogen-bond donors (Lipinski definition) is 4. The van der Waals surface area contributed by atoms with Gasteiger partial charge in [0.05, 0.1) is 44.5 Å². The Kier molecular flexibility index (Phi) is 13.3. The van der Waals surface area contributed by atoms with E-state index < -0.39 is 24.0 Å². The molecule has 20 heteroatoms. The molecule has 0 aliphatic carbocycles. The summed E-state index contributed by atoms with van der Waals surface area (Å²) in [5.74, 6) is 0.248. The van der Waals surface area contributed by atoms with Crippen molar-refractivity contribution >= 4 is 58.0 Å². The van der Waals surface area contributed by atoms with Crippen LogP contribution in [0.15, 0.2) is 52.8 Å². The Morgan fingerprint density at radius 3 is 2.61 bits per heavy atom. The van der Waals surface area contributed by atoms with Crippen molar-refractivity contribution in [2.75, 3.05) is 56.6 Å². The lowest BCUT2D eigenvalue weighted by molar-refractivity contribution is -0.929. The molecule has 3 amide bonds. The van der Waals surface area contributed by atoms with Crippen molar-refractivity contribution < 1.29 is 33.5 Å². The second-order valence-electron chi connectivity index (χ2n) is 16.7. The Balaban J connectivity index is 1.12. The lowest BCUT2D eigenvalue weighted by Gasteiger charge is -2.38. The van der Waals surface area contributed by atoms with Crippen molar-refractivity contribution in [3.8, 4) is 5.75 Å². The maximum absolute atomic E-state index is 14.4. The van der Waals surface area contributed by atoms with Gasteiger partial charge in [-0.05, 0) is 72.2 Å². The Hall–Kier alpha value is -6.25. The number of benzene rings is 1. The highest BCUT2D eigenvalue weighted by molar-refractivity contribution is 7.14. The Morgan fingerprint density at radius 1 is 1.08 bits per heavy atom. The number of carboxylic acids is 1. The zero-order chi connectivity index (χ0) is 44.0.